The summed E-state index contributed by atoms with van der Waals surface area (Å²) in [4.78, 5) is 1.17. The molecule has 0 aliphatic rings. The SMILES string of the molecule is CCCNC(Cc1c(Cl)c(CC)nn1C)c1sccc1Cl. The van der Waals surface area contributed by atoms with Gasteiger partial charge in [0.2, 0.25) is 0 Å². The van der Waals surface area contributed by atoms with E-state index in [4.69, 9.17) is 23.2 Å². The molecule has 0 aliphatic heterocycles. The van der Waals surface area contributed by atoms with Crippen molar-refractivity contribution in [2.75, 3.05) is 6.54 Å². The third-order valence-corrected chi connectivity index (χ3v) is 5.41. The molecule has 3 nitrogen and oxygen atoms in total. The van der Waals surface area contributed by atoms with E-state index in [0.717, 1.165) is 47.2 Å². The number of nitrogens with zero attached hydrogens (tertiary/aromatic N) is 2. The molecule has 2 heterocycles. The smallest absolute Gasteiger partial charge is 0.0850 e. The molecule has 1 unspecified atom stereocenters. The van der Waals surface area contributed by atoms with Crippen molar-refractivity contribution >= 4 is 34.5 Å². The highest BCUT2D eigenvalue weighted by Gasteiger charge is 2.21. The van der Waals surface area contributed by atoms with Crippen molar-refractivity contribution < 1.29 is 0 Å². The summed E-state index contributed by atoms with van der Waals surface area (Å²) in [5, 5.41) is 11.7. The van der Waals surface area contributed by atoms with Gasteiger partial charge in [-0.15, -0.1) is 11.3 Å². The molecule has 2 rings (SSSR count). The molecule has 0 fully saturated rings. The Bertz CT molecular complexity index is 592. The van der Waals surface area contributed by atoms with Crippen LogP contribution in [-0.4, -0.2) is 16.3 Å². The minimum absolute atomic E-state index is 0.176. The van der Waals surface area contributed by atoms with Gasteiger partial charge in [0.1, 0.15) is 0 Å². The molecule has 0 radical (unpaired) electrons. The summed E-state index contributed by atoms with van der Waals surface area (Å²) in [5.74, 6) is 0. The fraction of sp³-hybridized carbons (Fsp3) is 0.533. The molecule has 0 amide bonds. The molecule has 21 heavy (non-hydrogen) atoms. The minimum atomic E-state index is 0.176. The third-order valence-electron chi connectivity index (χ3n) is 3.50. The predicted molar refractivity (Wildman–Crippen MR) is 91.7 cm³/mol. The normalized spacial score (nSPS) is 12.8. The molecule has 0 aromatic carbocycles. The summed E-state index contributed by atoms with van der Waals surface area (Å²) in [5.41, 5.74) is 2.02. The molecule has 116 valence electrons. The van der Waals surface area contributed by atoms with Crippen LogP contribution in [0.3, 0.4) is 0 Å². The van der Waals surface area contributed by atoms with Gasteiger partial charge in [0.05, 0.1) is 21.4 Å². The lowest BCUT2D eigenvalue weighted by atomic mass is 10.1. The predicted octanol–water partition coefficient (Wildman–Crippen LogP) is 4.63. The first-order valence-electron chi connectivity index (χ1n) is 7.24. The zero-order valence-electron chi connectivity index (χ0n) is 12.6. The van der Waals surface area contributed by atoms with Crippen LogP contribution in [0.4, 0.5) is 0 Å². The van der Waals surface area contributed by atoms with E-state index in [0.29, 0.717) is 0 Å². The molecule has 1 atom stereocenters. The highest BCUT2D eigenvalue weighted by Crippen LogP contribution is 2.33. The van der Waals surface area contributed by atoms with Crippen molar-refractivity contribution in [3.63, 3.8) is 0 Å². The van der Waals surface area contributed by atoms with Crippen LogP contribution >= 0.6 is 34.5 Å². The number of thiophene rings is 1. The van der Waals surface area contributed by atoms with Crippen LogP contribution in [0.5, 0.6) is 0 Å². The maximum atomic E-state index is 6.47. The number of aromatic nitrogens is 2. The largest absolute Gasteiger partial charge is 0.309 e. The quantitative estimate of drug-likeness (QED) is 0.792. The van der Waals surface area contributed by atoms with Gasteiger partial charge in [-0.25, -0.2) is 0 Å². The lowest BCUT2D eigenvalue weighted by molar-refractivity contribution is 0.519. The van der Waals surface area contributed by atoms with E-state index in [1.165, 1.54) is 4.88 Å². The Morgan fingerprint density at radius 1 is 1.38 bits per heavy atom. The number of halogens is 2. The average Bonchev–Trinajstić information content (AvgIpc) is 3.00. The van der Waals surface area contributed by atoms with Gasteiger partial charge in [0.25, 0.3) is 0 Å². The van der Waals surface area contributed by atoms with Crippen molar-refractivity contribution in [2.24, 2.45) is 7.05 Å². The fourth-order valence-corrected chi connectivity index (χ4v) is 4.00. The van der Waals surface area contributed by atoms with Crippen molar-refractivity contribution in [3.8, 4) is 0 Å². The number of nitrogens with one attached hydrogen (secondary N) is 1. The highest BCUT2D eigenvalue weighted by molar-refractivity contribution is 7.10. The maximum Gasteiger partial charge on any atom is 0.0850 e. The second kappa shape index (κ2) is 7.63. The summed E-state index contributed by atoms with van der Waals surface area (Å²) in [6.07, 6.45) is 2.72. The second-order valence-electron chi connectivity index (χ2n) is 5.03. The first-order chi connectivity index (χ1) is 10.1. The van der Waals surface area contributed by atoms with Gasteiger partial charge in [-0.3, -0.25) is 4.68 Å². The van der Waals surface area contributed by atoms with Gasteiger partial charge in [-0.1, -0.05) is 37.0 Å². The maximum absolute atomic E-state index is 6.47. The van der Waals surface area contributed by atoms with Gasteiger partial charge >= 0.3 is 0 Å². The number of hydrogen-bond acceptors (Lipinski definition) is 3. The number of rotatable bonds is 7. The topological polar surface area (TPSA) is 29.9 Å². The third kappa shape index (κ3) is 3.81. The van der Waals surface area contributed by atoms with E-state index in [1.807, 2.05) is 23.2 Å². The first kappa shape index (κ1) is 16.8. The van der Waals surface area contributed by atoms with E-state index in [-0.39, 0.29) is 6.04 Å². The second-order valence-corrected chi connectivity index (χ2v) is 6.76. The van der Waals surface area contributed by atoms with Crippen LogP contribution in [0.25, 0.3) is 0 Å². The molecule has 0 bridgehead atoms. The Labute approximate surface area is 140 Å². The highest BCUT2D eigenvalue weighted by atomic mass is 35.5. The average molecular weight is 346 g/mol. The molecule has 0 saturated carbocycles. The van der Waals surface area contributed by atoms with Crippen LogP contribution in [0, 0.1) is 0 Å². The molecule has 2 aromatic heterocycles. The molecule has 1 N–H and O–H groups in total. The Kier molecular flexibility index (Phi) is 6.11. The van der Waals surface area contributed by atoms with E-state index in [1.54, 1.807) is 11.3 Å². The minimum Gasteiger partial charge on any atom is -0.309 e. The van der Waals surface area contributed by atoms with E-state index in [2.05, 4.69) is 24.3 Å². The Morgan fingerprint density at radius 2 is 2.14 bits per heavy atom. The van der Waals surface area contributed by atoms with Gasteiger partial charge in [-0.05, 0) is 30.8 Å². The Hall–Kier alpha value is -0.550. The van der Waals surface area contributed by atoms with Crippen molar-refractivity contribution in [1.82, 2.24) is 15.1 Å². The molecule has 2 aromatic rings. The van der Waals surface area contributed by atoms with Crippen LogP contribution in [0.2, 0.25) is 10.0 Å². The van der Waals surface area contributed by atoms with Crippen molar-refractivity contribution in [2.45, 2.75) is 39.2 Å². The zero-order valence-corrected chi connectivity index (χ0v) is 14.9. The lowest BCUT2D eigenvalue weighted by Gasteiger charge is -2.18. The molecular formula is C15H21Cl2N3S. The van der Waals surface area contributed by atoms with Gasteiger partial charge in [-0.2, -0.15) is 5.10 Å². The Morgan fingerprint density at radius 3 is 2.67 bits per heavy atom. The molecular weight excluding hydrogens is 325 g/mol. The summed E-state index contributed by atoms with van der Waals surface area (Å²) < 4.78 is 1.89. The fourth-order valence-electron chi connectivity index (χ4n) is 2.37. The van der Waals surface area contributed by atoms with E-state index in [9.17, 15) is 0 Å². The van der Waals surface area contributed by atoms with Crippen molar-refractivity contribution in [1.29, 1.82) is 0 Å². The zero-order chi connectivity index (χ0) is 15.4. The summed E-state index contributed by atoms with van der Waals surface area (Å²) >= 11 is 14.5. The van der Waals surface area contributed by atoms with Gasteiger partial charge in [0, 0.05) is 24.4 Å². The van der Waals surface area contributed by atoms with Crippen LogP contribution in [0.1, 0.15) is 42.6 Å². The van der Waals surface area contributed by atoms with Gasteiger partial charge in [0.15, 0.2) is 0 Å². The van der Waals surface area contributed by atoms with Crippen LogP contribution in [0.15, 0.2) is 11.4 Å². The molecule has 6 heteroatoms. The Balaban J connectivity index is 2.27. The monoisotopic (exact) mass is 345 g/mol. The first-order valence-corrected chi connectivity index (χ1v) is 8.88. The van der Waals surface area contributed by atoms with E-state index >= 15 is 0 Å². The molecule has 0 spiro atoms. The summed E-state index contributed by atoms with van der Waals surface area (Å²) in [7, 11) is 1.95. The number of aryl methyl sites for hydroxylation is 2. The summed E-state index contributed by atoms with van der Waals surface area (Å²) in [6.45, 7) is 5.18. The van der Waals surface area contributed by atoms with E-state index < -0.39 is 0 Å². The van der Waals surface area contributed by atoms with Gasteiger partial charge < -0.3 is 5.32 Å². The van der Waals surface area contributed by atoms with Crippen molar-refractivity contribution in [3.05, 3.63) is 37.8 Å². The molecule has 0 aliphatic carbocycles. The number of hydrogen-bond donors (Lipinski definition) is 1. The van der Waals surface area contributed by atoms with Crippen LogP contribution in [-0.2, 0) is 19.9 Å². The summed E-state index contributed by atoms with van der Waals surface area (Å²) in [6, 6.07) is 2.12. The standard InChI is InChI=1S/C15H21Cl2N3S/c1-4-7-18-12(15-10(16)6-8-21-15)9-13-14(17)11(5-2)19-20(13)3/h6,8,12,18H,4-5,7,9H2,1-3H3. The lowest BCUT2D eigenvalue weighted by Crippen LogP contribution is -2.24. The molecule has 0 saturated heterocycles. The van der Waals surface area contributed by atoms with Crippen LogP contribution < -0.4 is 5.32 Å².